The maximum atomic E-state index is 11.4. The van der Waals surface area contributed by atoms with Crippen LogP contribution < -0.4 is 0 Å². The zero-order valence-corrected chi connectivity index (χ0v) is 10.3. The first kappa shape index (κ1) is 13.2. The summed E-state index contributed by atoms with van der Waals surface area (Å²) in [5, 5.41) is 0. The maximum absolute atomic E-state index is 11.4. The summed E-state index contributed by atoms with van der Waals surface area (Å²) in [5.41, 5.74) is -0.144. The van der Waals surface area contributed by atoms with Crippen LogP contribution in [0.5, 0.6) is 0 Å². The Labute approximate surface area is 98.9 Å². The van der Waals surface area contributed by atoms with Gasteiger partial charge >= 0.3 is 11.9 Å². The molecule has 17 heavy (non-hydrogen) atoms. The molecule has 0 aliphatic carbocycles. The van der Waals surface area contributed by atoms with Crippen LogP contribution in [-0.4, -0.2) is 31.1 Å². The van der Waals surface area contributed by atoms with E-state index in [-0.39, 0.29) is 11.5 Å². The largest absolute Gasteiger partial charge is 0.464 e. The molecular formula is C11H15NO5. The normalized spacial score (nSPS) is 10.4. The van der Waals surface area contributed by atoms with Crippen molar-refractivity contribution >= 4 is 11.9 Å². The number of nitrogens with zero attached hydrogens (tertiary/aromatic N) is 1. The van der Waals surface area contributed by atoms with Crippen LogP contribution in [0.1, 0.15) is 40.8 Å². The Morgan fingerprint density at radius 1 is 1.24 bits per heavy atom. The second-order valence-electron chi connectivity index (χ2n) is 3.87. The molecule has 0 amide bonds. The van der Waals surface area contributed by atoms with E-state index >= 15 is 0 Å². The molecular weight excluding hydrogens is 226 g/mol. The molecule has 1 heterocycles. The molecule has 0 spiro atoms. The van der Waals surface area contributed by atoms with Crippen molar-refractivity contribution < 1.29 is 23.5 Å². The van der Waals surface area contributed by atoms with E-state index in [1.165, 1.54) is 14.2 Å². The van der Waals surface area contributed by atoms with Gasteiger partial charge in [0.05, 0.1) is 14.2 Å². The lowest BCUT2D eigenvalue weighted by molar-refractivity contribution is 0.0525. The molecule has 0 N–H and O–H groups in total. The summed E-state index contributed by atoms with van der Waals surface area (Å²) in [5.74, 6) is -1.06. The first-order valence-corrected chi connectivity index (χ1v) is 5.15. The van der Waals surface area contributed by atoms with Crippen LogP contribution in [0.3, 0.4) is 0 Å². The molecule has 0 radical (unpaired) electrons. The second kappa shape index (κ2) is 5.47. The van der Waals surface area contributed by atoms with E-state index in [1.807, 2.05) is 13.8 Å². The number of methoxy groups -OCH3 is 2. The third-order valence-electron chi connectivity index (χ3n) is 2.00. The Bertz CT molecular complexity index is 388. The summed E-state index contributed by atoms with van der Waals surface area (Å²) in [4.78, 5) is 26.7. The average Bonchev–Trinajstić information content (AvgIpc) is 2.69. The summed E-state index contributed by atoms with van der Waals surface area (Å²) in [6, 6.07) is 0. The molecule has 0 aliphatic heterocycles. The highest BCUT2D eigenvalue weighted by Crippen LogP contribution is 2.16. The Kier molecular flexibility index (Phi) is 4.25. The highest BCUT2D eigenvalue weighted by atomic mass is 16.5. The Balaban J connectivity index is 3.11. The molecule has 6 nitrogen and oxygen atoms in total. The van der Waals surface area contributed by atoms with Gasteiger partial charge in [-0.1, -0.05) is 13.8 Å². The van der Waals surface area contributed by atoms with Gasteiger partial charge in [0, 0.05) is 6.42 Å². The number of hydrogen-bond donors (Lipinski definition) is 0. The number of hydrogen-bond acceptors (Lipinski definition) is 6. The van der Waals surface area contributed by atoms with Crippen molar-refractivity contribution in [2.45, 2.75) is 20.3 Å². The maximum Gasteiger partial charge on any atom is 0.376 e. The van der Waals surface area contributed by atoms with Gasteiger partial charge in [0.2, 0.25) is 11.5 Å². The zero-order valence-electron chi connectivity index (χ0n) is 10.3. The lowest BCUT2D eigenvalue weighted by Gasteiger charge is -1.97. The van der Waals surface area contributed by atoms with E-state index in [1.54, 1.807) is 0 Å². The van der Waals surface area contributed by atoms with Crippen LogP contribution >= 0.6 is 0 Å². The number of ether oxygens (including phenoxy) is 2. The molecule has 0 atom stereocenters. The molecule has 6 heteroatoms. The van der Waals surface area contributed by atoms with E-state index in [9.17, 15) is 9.59 Å². The molecule has 0 aliphatic rings. The third kappa shape index (κ3) is 3.05. The fourth-order valence-electron chi connectivity index (χ4n) is 1.27. The lowest BCUT2D eigenvalue weighted by Crippen LogP contribution is -2.10. The van der Waals surface area contributed by atoms with Gasteiger partial charge in [-0.25, -0.2) is 14.6 Å². The Morgan fingerprint density at radius 2 is 1.82 bits per heavy atom. The molecule has 0 fully saturated rings. The smallest absolute Gasteiger partial charge is 0.376 e. The number of carbonyl (C=O) groups is 2. The molecule has 0 aromatic carbocycles. The Morgan fingerprint density at radius 3 is 2.29 bits per heavy atom. The van der Waals surface area contributed by atoms with E-state index in [2.05, 4.69) is 14.5 Å². The first-order valence-electron chi connectivity index (χ1n) is 5.15. The third-order valence-corrected chi connectivity index (χ3v) is 2.00. The minimum absolute atomic E-state index is 0.144. The topological polar surface area (TPSA) is 78.6 Å². The summed E-state index contributed by atoms with van der Waals surface area (Å²) in [6.45, 7) is 3.94. The molecule has 94 valence electrons. The van der Waals surface area contributed by atoms with Crippen molar-refractivity contribution in [1.82, 2.24) is 4.98 Å². The quantitative estimate of drug-likeness (QED) is 0.742. The summed E-state index contributed by atoms with van der Waals surface area (Å²) in [6.07, 6.45) is 0.529. The number of aromatic nitrogens is 1. The van der Waals surface area contributed by atoms with Crippen LogP contribution in [0.4, 0.5) is 0 Å². The van der Waals surface area contributed by atoms with Gasteiger partial charge in [-0.05, 0) is 5.92 Å². The Hall–Kier alpha value is -1.85. The first-order chi connectivity index (χ1) is 7.99. The molecule has 0 bridgehead atoms. The predicted molar refractivity (Wildman–Crippen MR) is 57.7 cm³/mol. The summed E-state index contributed by atoms with van der Waals surface area (Å²) < 4.78 is 14.2. The number of carbonyl (C=O) groups excluding carboxylic acids is 2. The predicted octanol–water partition coefficient (Wildman–Crippen LogP) is 1.45. The van der Waals surface area contributed by atoms with E-state index in [0.717, 1.165) is 0 Å². The van der Waals surface area contributed by atoms with Gasteiger partial charge in [0.1, 0.15) is 0 Å². The van der Waals surface area contributed by atoms with Crippen LogP contribution in [0.25, 0.3) is 0 Å². The molecule has 0 saturated carbocycles. The lowest BCUT2D eigenvalue weighted by atomic mass is 10.1. The van der Waals surface area contributed by atoms with Gasteiger partial charge in [0.15, 0.2) is 5.89 Å². The summed E-state index contributed by atoms with van der Waals surface area (Å²) in [7, 11) is 2.41. The summed E-state index contributed by atoms with van der Waals surface area (Å²) >= 11 is 0. The molecule has 1 rings (SSSR count). The highest BCUT2D eigenvalue weighted by molar-refractivity contribution is 5.99. The second-order valence-corrected chi connectivity index (χ2v) is 3.87. The van der Waals surface area contributed by atoms with Crippen LogP contribution in [-0.2, 0) is 15.9 Å². The highest BCUT2D eigenvalue weighted by Gasteiger charge is 2.26. The van der Waals surface area contributed by atoms with Crippen LogP contribution in [0, 0.1) is 5.92 Å². The SMILES string of the molecule is COC(=O)c1nc(CC(C)C)oc1C(=O)OC. The van der Waals surface area contributed by atoms with Crippen LogP contribution in [0.2, 0.25) is 0 Å². The monoisotopic (exact) mass is 241 g/mol. The fourth-order valence-corrected chi connectivity index (χ4v) is 1.27. The zero-order chi connectivity index (χ0) is 13.0. The van der Waals surface area contributed by atoms with Crippen LogP contribution in [0.15, 0.2) is 4.42 Å². The number of rotatable bonds is 4. The van der Waals surface area contributed by atoms with Crippen molar-refractivity contribution in [3.05, 3.63) is 17.3 Å². The molecule has 0 saturated heterocycles. The van der Waals surface area contributed by atoms with Gasteiger partial charge in [-0.3, -0.25) is 0 Å². The number of esters is 2. The van der Waals surface area contributed by atoms with E-state index < -0.39 is 11.9 Å². The van der Waals surface area contributed by atoms with Crippen molar-refractivity contribution in [3.8, 4) is 0 Å². The average molecular weight is 241 g/mol. The van der Waals surface area contributed by atoms with E-state index in [0.29, 0.717) is 18.2 Å². The molecule has 1 aromatic heterocycles. The van der Waals surface area contributed by atoms with E-state index in [4.69, 9.17) is 4.42 Å². The number of oxazole rings is 1. The van der Waals surface area contributed by atoms with Gasteiger partial charge in [0.25, 0.3) is 0 Å². The standard InChI is InChI=1S/C11H15NO5/c1-6(2)5-7-12-8(10(13)15-3)9(17-7)11(14)16-4/h6H,5H2,1-4H3. The minimum atomic E-state index is -0.743. The van der Waals surface area contributed by atoms with Gasteiger partial charge in [-0.15, -0.1) is 0 Å². The van der Waals surface area contributed by atoms with Gasteiger partial charge < -0.3 is 13.9 Å². The van der Waals surface area contributed by atoms with Crippen molar-refractivity contribution in [2.24, 2.45) is 5.92 Å². The van der Waals surface area contributed by atoms with Crippen molar-refractivity contribution in [2.75, 3.05) is 14.2 Å². The molecule has 0 unspecified atom stereocenters. The molecule has 1 aromatic rings. The van der Waals surface area contributed by atoms with Gasteiger partial charge in [-0.2, -0.15) is 0 Å². The fraction of sp³-hybridized carbons (Fsp3) is 0.545. The van der Waals surface area contributed by atoms with Crippen molar-refractivity contribution in [1.29, 1.82) is 0 Å². The minimum Gasteiger partial charge on any atom is -0.464 e. The van der Waals surface area contributed by atoms with Crippen molar-refractivity contribution in [3.63, 3.8) is 0 Å².